The highest BCUT2D eigenvalue weighted by Gasteiger charge is 2.46. The molecule has 0 aromatic heterocycles. The fourth-order valence-electron chi connectivity index (χ4n) is 5.10. The van der Waals surface area contributed by atoms with E-state index >= 15 is 0 Å². The number of anilines is 2. The molecule has 1 amide bonds. The fourth-order valence-corrected chi connectivity index (χ4v) is 6.30. The van der Waals surface area contributed by atoms with Gasteiger partial charge in [-0.3, -0.25) is 0 Å². The second kappa shape index (κ2) is 6.83. The van der Waals surface area contributed by atoms with Gasteiger partial charge in [0.1, 0.15) is 0 Å². The molecule has 2 atom stereocenters. The molecule has 4 fully saturated rings. The lowest BCUT2D eigenvalue weighted by Gasteiger charge is -2.48. The Morgan fingerprint density at radius 1 is 1.04 bits per heavy atom. The summed E-state index contributed by atoms with van der Waals surface area (Å²) in [7, 11) is -2.89. The van der Waals surface area contributed by atoms with E-state index in [-0.39, 0.29) is 23.0 Å². The predicted octanol–water partition coefficient (Wildman–Crippen LogP) is 2.14. The van der Waals surface area contributed by atoms with Gasteiger partial charge in [0, 0.05) is 44.1 Å². The Morgan fingerprint density at radius 2 is 1.64 bits per heavy atom. The molecule has 8 heteroatoms. The lowest BCUT2D eigenvalue weighted by molar-refractivity contribution is 0.142. The summed E-state index contributed by atoms with van der Waals surface area (Å²) in [5, 5.41) is 9.53. The number of rotatable bonds is 2. The largest absolute Gasteiger partial charge is 0.465 e. The third-order valence-electron chi connectivity index (χ3n) is 6.58. The first-order valence-electron chi connectivity index (χ1n) is 9.95. The molecule has 154 valence electrons. The monoisotopic (exact) mass is 407 g/mol. The number of amides is 1. The molecule has 1 aromatic rings. The molecule has 4 aliphatic rings. The van der Waals surface area contributed by atoms with Gasteiger partial charge in [-0.15, -0.1) is 0 Å². The number of piperidine rings is 1. The van der Waals surface area contributed by atoms with E-state index in [1.807, 2.05) is 0 Å². The zero-order chi connectivity index (χ0) is 20.1. The van der Waals surface area contributed by atoms with Crippen molar-refractivity contribution in [2.75, 3.05) is 54.0 Å². The molecule has 2 unspecified atom stereocenters. The second-order valence-electron chi connectivity index (χ2n) is 9.07. The van der Waals surface area contributed by atoms with Gasteiger partial charge in [-0.2, -0.15) is 0 Å². The van der Waals surface area contributed by atoms with Crippen LogP contribution >= 0.6 is 0 Å². The van der Waals surface area contributed by atoms with Crippen molar-refractivity contribution in [1.29, 1.82) is 0 Å². The lowest BCUT2D eigenvalue weighted by atomic mass is 9.73. The quantitative estimate of drug-likeness (QED) is 0.809. The third-order valence-corrected chi connectivity index (χ3v) is 8.19. The first-order valence-corrected chi connectivity index (χ1v) is 11.8. The second-order valence-corrected chi connectivity index (χ2v) is 11.4. The van der Waals surface area contributed by atoms with Gasteiger partial charge in [-0.25, -0.2) is 13.2 Å². The van der Waals surface area contributed by atoms with E-state index in [2.05, 4.69) is 47.9 Å². The molecule has 0 aliphatic carbocycles. The van der Waals surface area contributed by atoms with Crippen LogP contribution in [-0.4, -0.2) is 74.8 Å². The van der Waals surface area contributed by atoms with E-state index in [1.54, 1.807) is 4.90 Å². The molecule has 4 heterocycles. The summed E-state index contributed by atoms with van der Waals surface area (Å²) < 4.78 is 23.3. The van der Waals surface area contributed by atoms with Gasteiger partial charge >= 0.3 is 6.09 Å². The topological polar surface area (TPSA) is 81.2 Å². The molecule has 0 radical (unpaired) electrons. The predicted molar refractivity (Wildman–Crippen MR) is 110 cm³/mol. The van der Waals surface area contributed by atoms with Crippen LogP contribution in [0.25, 0.3) is 0 Å². The molecule has 2 bridgehead atoms. The maximum absolute atomic E-state index is 11.7. The lowest BCUT2D eigenvalue weighted by Crippen LogP contribution is -2.54. The molecule has 28 heavy (non-hydrogen) atoms. The highest BCUT2D eigenvalue weighted by molar-refractivity contribution is 7.91. The van der Waals surface area contributed by atoms with Crippen molar-refractivity contribution in [2.45, 2.75) is 26.3 Å². The van der Waals surface area contributed by atoms with Crippen LogP contribution in [0.1, 0.15) is 20.3 Å². The zero-order valence-electron chi connectivity index (χ0n) is 16.5. The summed E-state index contributed by atoms with van der Waals surface area (Å²) in [6.45, 7) is 7.57. The Labute approximate surface area is 166 Å². The molecular formula is C20H29N3O4S. The van der Waals surface area contributed by atoms with Crippen molar-refractivity contribution in [2.24, 2.45) is 11.3 Å². The standard InChI is InChI=1S/C20H29N3O4S/c1-20(2)11-15-12-22(19(24)25)14-18(20)23(13-15)17-5-3-16(4-6-17)21-7-9-28(26,27)10-8-21/h3-6,15,18H,7-14H2,1-2H3,(H,24,25). The molecule has 0 spiro atoms. The van der Waals surface area contributed by atoms with E-state index in [0.717, 1.165) is 24.3 Å². The molecule has 7 nitrogen and oxygen atoms in total. The Hall–Kier alpha value is -1.96. The van der Waals surface area contributed by atoms with Crippen molar-refractivity contribution in [3.63, 3.8) is 0 Å². The number of carbonyl (C=O) groups is 1. The van der Waals surface area contributed by atoms with Crippen LogP contribution in [0, 0.1) is 11.3 Å². The van der Waals surface area contributed by atoms with E-state index in [1.165, 1.54) is 0 Å². The summed E-state index contributed by atoms with van der Waals surface area (Å²) in [5.74, 6) is 0.755. The number of hydrogen-bond donors (Lipinski definition) is 1. The summed E-state index contributed by atoms with van der Waals surface area (Å²) >= 11 is 0. The van der Waals surface area contributed by atoms with Crippen molar-refractivity contribution in [3.05, 3.63) is 24.3 Å². The molecule has 0 saturated carbocycles. The average Bonchev–Trinajstić information content (AvgIpc) is 2.89. The molecule has 1 aromatic carbocycles. The van der Waals surface area contributed by atoms with Crippen LogP contribution in [0.3, 0.4) is 0 Å². The van der Waals surface area contributed by atoms with Crippen LogP contribution < -0.4 is 9.80 Å². The maximum Gasteiger partial charge on any atom is 0.407 e. The van der Waals surface area contributed by atoms with E-state index in [0.29, 0.717) is 32.1 Å². The van der Waals surface area contributed by atoms with Crippen molar-refractivity contribution in [3.8, 4) is 0 Å². The Kier molecular flexibility index (Phi) is 4.72. The van der Waals surface area contributed by atoms with E-state index in [9.17, 15) is 18.3 Å². The van der Waals surface area contributed by atoms with Crippen LogP contribution in [-0.2, 0) is 9.84 Å². The molecule has 4 aliphatic heterocycles. The molecule has 4 saturated heterocycles. The van der Waals surface area contributed by atoms with Gasteiger partial charge in [0.2, 0.25) is 0 Å². The first-order chi connectivity index (χ1) is 13.1. The smallest absolute Gasteiger partial charge is 0.407 e. The van der Waals surface area contributed by atoms with Crippen LogP contribution in [0.15, 0.2) is 24.3 Å². The Balaban J connectivity index is 1.55. The Bertz CT molecular complexity index is 839. The minimum Gasteiger partial charge on any atom is -0.465 e. The fraction of sp³-hybridized carbons (Fsp3) is 0.650. The van der Waals surface area contributed by atoms with Crippen LogP contribution in [0.4, 0.5) is 16.2 Å². The summed E-state index contributed by atoms with van der Waals surface area (Å²) in [5.41, 5.74) is 2.21. The number of benzene rings is 1. The number of fused-ring (bicyclic) bond motifs is 4. The highest BCUT2D eigenvalue weighted by atomic mass is 32.2. The third kappa shape index (κ3) is 3.66. The van der Waals surface area contributed by atoms with Gasteiger partial charge in [0.15, 0.2) is 9.84 Å². The van der Waals surface area contributed by atoms with Crippen LogP contribution in [0.5, 0.6) is 0 Å². The molecule has 1 N–H and O–H groups in total. The molecule has 5 rings (SSSR count). The first kappa shape index (κ1) is 19.4. The summed E-state index contributed by atoms with van der Waals surface area (Å²) in [6.07, 6.45) is 0.211. The van der Waals surface area contributed by atoms with Crippen LogP contribution in [0.2, 0.25) is 0 Å². The number of sulfone groups is 1. The summed E-state index contributed by atoms with van der Waals surface area (Å²) in [6, 6.07) is 8.47. The number of nitrogens with zero attached hydrogens (tertiary/aromatic N) is 3. The average molecular weight is 408 g/mol. The number of hydrogen-bond acceptors (Lipinski definition) is 5. The SMILES string of the molecule is CC1(C)CC2CN(C(=O)O)CC1N(c1ccc(N3CCS(=O)(=O)CC3)cc1)C2. The minimum atomic E-state index is -2.89. The van der Waals surface area contributed by atoms with Gasteiger partial charge in [0.25, 0.3) is 0 Å². The maximum atomic E-state index is 11.7. The van der Waals surface area contributed by atoms with Gasteiger partial charge in [-0.05, 0) is 42.0 Å². The highest BCUT2D eigenvalue weighted by Crippen LogP contribution is 2.43. The minimum absolute atomic E-state index is 0.0486. The van der Waals surface area contributed by atoms with Gasteiger partial charge in [0.05, 0.1) is 17.5 Å². The van der Waals surface area contributed by atoms with Crippen molar-refractivity contribution < 1.29 is 18.3 Å². The van der Waals surface area contributed by atoms with Gasteiger partial charge < -0.3 is 19.8 Å². The van der Waals surface area contributed by atoms with E-state index in [4.69, 9.17) is 0 Å². The van der Waals surface area contributed by atoms with Crippen molar-refractivity contribution >= 4 is 27.3 Å². The Morgan fingerprint density at radius 3 is 2.25 bits per heavy atom. The number of carboxylic acid groups (broad SMARTS) is 1. The molecular weight excluding hydrogens is 378 g/mol. The summed E-state index contributed by atoms with van der Waals surface area (Å²) in [4.78, 5) is 17.7. The van der Waals surface area contributed by atoms with E-state index < -0.39 is 15.9 Å². The zero-order valence-corrected chi connectivity index (χ0v) is 17.4. The normalized spacial score (nSPS) is 28.9. The van der Waals surface area contributed by atoms with Gasteiger partial charge in [-0.1, -0.05) is 13.8 Å². The van der Waals surface area contributed by atoms with Crippen molar-refractivity contribution in [1.82, 2.24) is 4.90 Å².